The molecule has 0 radical (unpaired) electrons. The monoisotopic (exact) mass is 1270 g/mol. The molecule has 4 N–H and O–H groups in total. The predicted octanol–water partition coefficient (Wildman–Crippen LogP) is 15.5. The number of nitrogens with one attached hydrogen (secondary N) is 2. The van der Waals surface area contributed by atoms with Gasteiger partial charge in [-0.3, -0.25) is 9.59 Å². The molecular formula is C50H66F6IN6O3P4Pd-. The van der Waals surface area contributed by atoms with Gasteiger partial charge < -0.3 is 20.9 Å². The zero-order chi connectivity index (χ0) is 53.0. The molecule has 1 heterocycles. The SMILES string of the molecule is CC(C)[C@H](NC(=O)C(F)(F)F)c1ccc(I)cc1.CCCCCCCc1nc(-c2ccc([C@@H](N)C(C)C)cc2)no1.PP(P)P.[C-]#[N+]c1ccc([C@@H](NC(=O)C(F)(F)F)C(C)C)cc1.[Pd].[c-]1ccccc1. The number of aromatic nitrogens is 2. The first-order valence-corrected chi connectivity index (χ1v) is 29.7. The fraction of sp³-hybridized carbons (Fsp3) is 0.420. The van der Waals surface area contributed by atoms with Crippen molar-refractivity contribution >= 4 is 73.9 Å². The Bertz CT molecular complexity index is 2220. The van der Waals surface area contributed by atoms with Gasteiger partial charge in [-0.1, -0.05) is 140 Å². The van der Waals surface area contributed by atoms with Crippen LogP contribution in [0.5, 0.6) is 0 Å². The molecular weight excluding hydrogens is 1200 g/mol. The number of carbonyl (C=O) groups is 2. The zero-order valence-electron chi connectivity index (χ0n) is 40.8. The fourth-order valence-corrected chi connectivity index (χ4v) is 6.44. The molecule has 0 bridgehead atoms. The number of unbranched alkanes of at least 4 members (excludes halogenated alkanes) is 4. The number of hydrogen-bond donors (Lipinski definition) is 3. The fourth-order valence-electron chi connectivity index (χ4n) is 6.08. The van der Waals surface area contributed by atoms with Gasteiger partial charge in [-0.15, -0.1) is 26.8 Å². The Labute approximate surface area is 451 Å². The maximum Gasteiger partial charge on any atom is 0.471 e. The van der Waals surface area contributed by atoms with E-state index in [-0.39, 0.29) is 45.3 Å². The summed E-state index contributed by atoms with van der Waals surface area (Å²) in [7, 11) is 7.94. The summed E-state index contributed by atoms with van der Waals surface area (Å²) in [6.07, 6.45) is -2.68. The first-order valence-electron chi connectivity index (χ1n) is 22.4. The van der Waals surface area contributed by atoms with Gasteiger partial charge in [0.15, 0.2) is 5.69 Å². The minimum absolute atomic E-state index is 0. The first-order chi connectivity index (χ1) is 32.8. The molecule has 21 heteroatoms. The van der Waals surface area contributed by atoms with Gasteiger partial charge in [-0.05, 0) is 82.6 Å². The third-order valence-electron chi connectivity index (χ3n) is 9.87. The largest absolute Gasteiger partial charge is 0.471 e. The minimum Gasteiger partial charge on any atom is -0.341 e. The van der Waals surface area contributed by atoms with Gasteiger partial charge in [-0.2, -0.15) is 67.7 Å². The van der Waals surface area contributed by atoms with Gasteiger partial charge >= 0.3 is 24.2 Å². The molecule has 0 fully saturated rings. The summed E-state index contributed by atoms with van der Waals surface area (Å²) in [4.78, 5) is 29.7. The van der Waals surface area contributed by atoms with E-state index in [9.17, 15) is 35.9 Å². The number of aryl methyl sites for hydroxylation is 1. The van der Waals surface area contributed by atoms with Crippen molar-refractivity contribution in [2.24, 2.45) is 23.5 Å². The van der Waals surface area contributed by atoms with Crippen molar-refractivity contribution in [1.29, 1.82) is 0 Å². The number of alkyl halides is 6. The van der Waals surface area contributed by atoms with E-state index in [1.807, 2.05) is 53.1 Å². The van der Waals surface area contributed by atoms with Crippen molar-refractivity contribution in [3.8, 4) is 11.4 Å². The maximum absolute atomic E-state index is 12.3. The maximum atomic E-state index is 12.3. The van der Waals surface area contributed by atoms with Crippen molar-refractivity contribution < 1.29 is 60.9 Å². The van der Waals surface area contributed by atoms with Crippen LogP contribution in [0.25, 0.3) is 16.2 Å². The molecule has 394 valence electrons. The molecule has 0 saturated heterocycles. The number of nitrogens with zero attached hydrogens (tertiary/aromatic N) is 3. The van der Waals surface area contributed by atoms with E-state index < -0.39 is 36.3 Å². The molecule has 0 aliphatic carbocycles. The second-order valence-corrected chi connectivity index (χ2v) is 29.6. The standard InChI is InChI=1S/C19H29N3O.C13H13F3N2O.C12H13F3INO.C6H5.H6P4.Pd/c1-4-5-6-7-8-9-17-21-19(22-23-17)16-12-10-15(11-13-16)18(20)14(2)3;1-8(2)11(18-12(19)13(14,15)16)9-4-6-10(17-3)7-5-9;1-7(2)10(17-11(18)12(13,14)15)8-3-5-9(16)6-4-8;1-2-4-6-5-3-1;1-4(2)3;/h10-14,18H,4-9,20H2,1-3H3;4-8,11H,1-2H3,(H,18,19);3-7,10H,1-2H3,(H,17,18);1-5H;1-3H2;/q;;;-1;;/t18-;11-;10-;;;/m000.../s1. The molecule has 1 aromatic heterocycles. The van der Waals surface area contributed by atoms with Crippen LogP contribution in [0, 0.1) is 34.0 Å². The quantitative estimate of drug-likeness (QED) is 0.0239. The molecule has 0 aliphatic rings. The van der Waals surface area contributed by atoms with Crippen LogP contribution in [-0.4, -0.2) is 34.3 Å². The Hall–Kier alpha value is -2.90. The summed E-state index contributed by atoms with van der Waals surface area (Å²) in [6, 6.07) is 32.5. The Balaban J connectivity index is 0.000000939. The first kappa shape index (κ1) is 68.1. The van der Waals surface area contributed by atoms with Gasteiger partial charge in [0.1, 0.15) is 0 Å². The van der Waals surface area contributed by atoms with Gasteiger partial charge in [0.05, 0.1) is 18.7 Å². The minimum atomic E-state index is -4.90. The molecule has 6 atom stereocenters. The molecule has 5 rings (SSSR count). The topological polar surface area (TPSA) is 128 Å². The number of benzene rings is 4. The van der Waals surface area contributed by atoms with Crippen molar-refractivity contribution in [2.75, 3.05) is 0 Å². The average Bonchev–Trinajstić information content (AvgIpc) is 3.79. The van der Waals surface area contributed by atoms with Gasteiger partial charge in [0.25, 0.3) is 0 Å². The zero-order valence-corrected chi connectivity index (χ0v) is 48.9. The Morgan fingerprint density at radius 1 is 0.732 bits per heavy atom. The molecule has 3 unspecified atom stereocenters. The second kappa shape index (κ2) is 36.1. The van der Waals surface area contributed by atoms with Crippen LogP contribution in [0.3, 0.4) is 0 Å². The molecule has 71 heavy (non-hydrogen) atoms. The van der Waals surface area contributed by atoms with Gasteiger partial charge in [0, 0.05) is 42.0 Å². The van der Waals surface area contributed by atoms with E-state index in [4.69, 9.17) is 16.8 Å². The number of halogens is 7. The summed E-state index contributed by atoms with van der Waals surface area (Å²) < 4.78 is 79.8. The summed E-state index contributed by atoms with van der Waals surface area (Å²) in [5.41, 5.74) is 9.90. The molecule has 4 aromatic carbocycles. The molecule has 0 aliphatic heterocycles. The van der Waals surface area contributed by atoms with Crippen molar-refractivity contribution in [3.05, 3.63) is 147 Å². The predicted molar refractivity (Wildman–Crippen MR) is 291 cm³/mol. The van der Waals surface area contributed by atoms with E-state index in [0.29, 0.717) is 28.6 Å². The van der Waals surface area contributed by atoms with Crippen LogP contribution < -0.4 is 16.4 Å². The van der Waals surface area contributed by atoms with Gasteiger partial charge in [-0.25, -0.2) is 4.85 Å². The van der Waals surface area contributed by atoms with E-state index in [1.165, 1.54) is 37.8 Å². The van der Waals surface area contributed by atoms with Crippen molar-refractivity contribution in [2.45, 2.75) is 117 Å². The van der Waals surface area contributed by atoms with Crippen LogP contribution in [0.1, 0.15) is 121 Å². The molecule has 0 spiro atoms. The third-order valence-corrected chi connectivity index (χ3v) is 10.6. The molecule has 0 saturated carbocycles. The van der Waals surface area contributed by atoms with Crippen molar-refractivity contribution in [3.63, 3.8) is 0 Å². The molecule has 5 aromatic rings. The Kier molecular flexibility index (Phi) is 34.6. The van der Waals surface area contributed by atoms with E-state index in [1.54, 1.807) is 64.1 Å². The average molecular weight is 1270 g/mol. The number of carbonyl (C=O) groups excluding carboxylic acids is 2. The van der Waals surface area contributed by atoms with Crippen LogP contribution in [0.4, 0.5) is 32.0 Å². The van der Waals surface area contributed by atoms with Crippen LogP contribution in [-0.2, 0) is 36.4 Å². The molecule has 2 amide bonds. The number of hydrogen-bond acceptors (Lipinski definition) is 6. The van der Waals surface area contributed by atoms with E-state index in [0.717, 1.165) is 33.4 Å². The summed E-state index contributed by atoms with van der Waals surface area (Å²) in [6.45, 7) is 20.4. The van der Waals surface area contributed by atoms with Gasteiger partial charge in [0.2, 0.25) is 11.7 Å². The summed E-state index contributed by atoms with van der Waals surface area (Å²) in [5, 5.41) is 8.09. The Morgan fingerprint density at radius 3 is 1.54 bits per heavy atom. The summed E-state index contributed by atoms with van der Waals surface area (Å²) in [5.74, 6) is -2.37. The Morgan fingerprint density at radius 2 is 1.17 bits per heavy atom. The van der Waals surface area contributed by atoms with E-state index >= 15 is 0 Å². The number of amides is 2. The normalized spacial score (nSPS) is 12.2. The van der Waals surface area contributed by atoms with Crippen LogP contribution in [0.2, 0.25) is 0 Å². The second-order valence-electron chi connectivity index (χ2n) is 16.7. The van der Waals surface area contributed by atoms with Crippen LogP contribution >= 0.6 is 56.4 Å². The van der Waals surface area contributed by atoms with Crippen molar-refractivity contribution in [1.82, 2.24) is 20.8 Å². The van der Waals surface area contributed by atoms with E-state index in [2.05, 4.69) is 103 Å². The van der Waals surface area contributed by atoms with Crippen LogP contribution in [0.15, 0.2) is 108 Å². The number of rotatable bonds is 15. The third kappa shape index (κ3) is 29.0. The smallest absolute Gasteiger partial charge is 0.341 e. The molecule has 9 nitrogen and oxygen atoms in total. The number of nitrogens with two attached hydrogens (primary N) is 1. The summed E-state index contributed by atoms with van der Waals surface area (Å²) >= 11 is 2.11.